The molecule has 0 spiro atoms. The highest BCUT2D eigenvalue weighted by molar-refractivity contribution is 6.24. The topological polar surface area (TPSA) is 6.48 Å². The smallest absolute Gasteiger partial charge is 0.0546 e. The average Bonchev–Trinajstić information content (AvgIpc) is 3.34. The molecule has 0 aliphatic carbocycles. The van der Waals surface area contributed by atoms with E-state index < -0.39 is 0 Å². The van der Waals surface area contributed by atoms with Gasteiger partial charge in [-0.15, -0.1) is 0 Å². The monoisotopic (exact) mass is 911 g/mol. The highest BCUT2D eigenvalue weighted by Crippen LogP contribution is 2.50. The Kier molecular flexibility index (Phi) is 11.8. The molecule has 0 amide bonds. The van der Waals surface area contributed by atoms with Crippen LogP contribution in [0.2, 0.25) is 0 Å². The molecule has 0 heterocycles. The van der Waals surface area contributed by atoms with E-state index >= 15 is 0 Å². The molecule has 348 valence electrons. The summed E-state index contributed by atoms with van der Waals surface area (Å²) in [5.74, 6) is 0. The zero-order valence-corrected chi connectivity index (χ0v) is 43.2. The van der Waals surface area contributed by atoms with Gasteiger partial charge in [0.25, 0.3) is 0 Å². The molecule has 2 heteroatoms. The number of benzene rings is 10. The molecule has 0 saturated carbocycles. The van der Waals surface area contributed by atoms with Crippen LogP contribution in [0.5, 0.6) is 0 Å². The second-order valence-corrected chi connectivity index (χ2v) is 21.8. The summed E-state index contributed by atoms with van der Waals surface area (Å²) in [5, 5.41) is 7.28. The van der Waals surface area contributed by atoms with Gasteiger partial charge >= 0.3 is 0 Å². The Bertz CT molecular complexity index is 3370. The van der Waals surface area contributed by atoms with Gasteiger partial charge in [0.15, 0.2) is 0 Å². The first-order valence-corrected chi connectivity index (χ1v) is 25.0. The number of hydrogen-bond acceptors (Lipinski definition) is 2. The molecule has 0 unspecified atom stereocenters. The Hall–Kier alpha value is -7.42. The van der Waals surface area contributed by atoms with Gasteiger partial charge in [-0.3, -0.25) is 0 Å². The Balaban J connectivity index is 1.25. The van der Waals surface area contributed by atoms with Crippen molar-refractivity contribution in [3.8, 4) is 22.3 Å². The third kappa shape index (κ3) is 8.34. The zero-order valence-electron chi connectivity index (χ0n) is 43.2. The van der Waals surface area contributed by atoms with Gasteiger partial charge in [0, 0.05) is 33.5 Å². The van der Waals surface area contributed by atoms with Gasteiger partial charge in [-0.05, 0) is 201 Å². The van der Waals surface area contributed by atoms with Gasteiger partial charge in [-0.2, -0.15) is 0 Å². The van der Waals surface area contributed by atoms with Crippen molar-refractivity contribution in [3.05, 3.63) is 226 Å². The number of anilines is 6. The highest BCUT2D eigenvalue weighted by Gasteiger charge is 2.26. The van der Waals surface area contributed by atoms with Crippen molar-refractivity contribution < 1.29 is 0 Å². The number of aryl methyl sites for hydroxylation is 6. The molecule has 0 radical (unpaired) electrons. The molecule has 0 atom stereocenters. The predicted octanol–water partition coefficient (Wildman–Crippen LogP) is 19.9. The first-order valence-electron chi connectivity index (χ1n) is 25.0. The summed E-state index contributed by atoms with van der Waals surface area (Å²) in [7, 11) is 0. The van der Waals surface area contributed by atoms with Gasteiger partial charge in [-0.1, -0.05) is 163 Å². The molecule has 2 nitrogen and oxygen atoms in total. The van der Waals surface area contributed by atoms with Crippen LogP contribution in [0.1, 0.15) is 86.1 Å². The van der Waals surface area contributed by atoms with Crippen molar-refractivity contribution >= 4 is 66.4 Å². The molecule has 10 rings (SSSR count). The summed E-state index contributed by atoms with van der Waals surface area (Å²) in [6.45, 7) is 27.3. The third-order valence-electron chi connectivity index (χ3n) is 14.7. The summed E-state index contributed by atoms with van der Waals surface area (Å²) >= 11 is 0. The van der Waals surface area contributed by atoms with Gasteiger partial charge in [0.1, 0.15) is 0 Å². The lowest BCUT2D eigenvalue weighted by Crippen LogP contribution is -2.15. The van der Waals surface area contributed by atoms with Crippen LogP contribution in [0.25, 0.3) is 54.6 Å². The standard InChI is InChI=1S/C68H66N2/c1-43-21-13-15-23-53(43)59-37-47(5)63(39-45(59)3)69(51-33-29-49(30-34-51)67(7,8)9)65-41-61-56-26-18-20-28-58(56)66(42-62(61)55-25-17-19-27-57(55)65)70(52-35-31-50(32-36-52)68(10,11)12)64-40-46(4)60(38-48(64)6)54-24-16-14-22-44(54)2/h13-42H,1-12H3. The Morgan fingerprint density at radius 3 is 0.929 bits per heavy atom. The van der Waals surface area contributed by atoms with Gasteiger partial charge in [0.05, 0.1) is 11.4 Å². The van der Waals surface area contributed by atoms with Crippen molar-refractivity contribution in [2.75, 3.05) is 9.80 Å². The third-order valence-corrected chi connectivity index (χ3v) is 14.7. The normalized spacial score (nSPS) is 12.0. The highest BCUT2D eigenvalue weighted by atomic mass is 15.2. The van der Waals surface area contributed by atoms with Crippen molar-refractivity contribution in [3.63, 3.8) is 0 Å². The van der Waals surface area contributed by atoms with E-state index in [9.17, 15) is 0 Å². The lowest BCUT2D eigenvalue weighted by Gasteiger charge is -2.32. The number of nitrogens with zero attached hydrogens (tertiary/aromatic N) is 2. The fraction of sp³-hybridized carbons (Fsp3) is 0.206. The van der Waals surface area contributed by atoms with E-state index in [1.54, 1.807) is 0 Å². The van der Waals surface area contributed by atoms with Gasteiger partial charge in [0.2, 0.25) is 0 Å². The summed E-state index contributed by atoms with van der Waals surface area (Å²) < 4.78 is 0. The van der Waals surface area contributed by atoms with Crippen LogP contribution in [-0.2, 0) is 10.8 Å². The Labute approximate surface area is 416 Å². The van der Waals surface area contributed by atoms with Crippen LogP contribution in [0.4, 0.5) is 34.1 Å². The maximum Gasteiger partial charge on any atom is 0.0546 e. The van der Waals surface area contributed by atoms with Crippen molar-refractivity contribution in [1.82, 2.24) is 0 Å². The summed E-state index contributed by atoms with van der Waals surface area (Å²) in [6.07, 6.45) is 0. The minimum Gasteiger partial charge on any atom is -0.310 e. The Morgan fingerprint density at radius 2 is 0.586 bits per heavy atom. The lowest BCUT2D eigenvalue weighted by molar-refractivity contribution is 0.590. The first-order chi connectivity index (χ1) is 33.5. The molecule has 0 N–H and O–H groups in total. The molecule has 0 aromatic heterocycles. The van der Waals surface area contributed by atoms with Gasteiger partial charge in [-0.25, -0.2) is 0 Å². The lowest BCUT2D eigenvalue weighted by atomic mass is 9.87. The second kappa shape index (κ2) is 17.8. The predicted molar refractivity (Wildman–Crippen MR) is 305 cm³/mol. The van der Waals surface area contributed by atoms with E-state index in [2.05, 4.69) is 275 Å². The minimum absolute atomic E-state index is 0.0278. The van der Waals surface area contributed by atoms with E-state index in [1.165, 1.54) is 110 Å². The molecule has 0 aliphatic heterocycles. The maximum atomic E-state index is 2.52. The molecular formula is C68H66N2. The summed E-state index contributed by atoms with van der Waals surface area (Å²) in [6, 6.07) is 68.7. The molecular weight excluding hydrogens is 845 g/mol. The van der Waals surface area contributed by atoms with Crippen LogP contribution in [0.15, 0.2) is 182 Å². The van der Waals surface area contributed by atoms with Crippen molar-refractivity contribution in [1.29, 1.82) is 0 Å². The molecule has 0 fully saturated rings. The van der Waals surface area contributed by atoms with Crippen LogP contribution in [0.3, 0.4) is 0 Å². The molecule has 10 aromatic rings. The quantitative estimate of drug-likeness (QED) is 0.140. The van der Waals surface area contributed by atoms with E-state index in [-0.39, 0.29) is 10.8 Å². The van der Waals surface area contributed by atoms with Crippen molar-refractivity contribution in [2.45, 2.75) is 93.9 Å². The number of rotatable bonds is 8. The largest absolute Gasteiger partial charge is 0.310 e. The SMILES string of the molecule is Cc1ccccc1-c1cc(C)c(N(c2ccc(C(C)(C)C)cc2)c2cc3c4ccccc4c(N(c4ccc(C(C)(C)C)cc4)c4cc(C)c(-c5ccccc5C)cc4C)cc3c3ccccc23)cc1C. The minimum atomic E-state index is 0.0278. The molecule has 0 aliphatic rings. The zero-order chi connectivity index (χ0) is 49.2. The van der Waals surface area contributed by atoms with E-state index in [4.69, 9.17) is 0 Å². The van der Waals surface area contributed by atoms with Crippen molar-refractivity contribution in [2.24, 2.45) is 0 Å². The molecule has 0 saturated heterocycles. The fourth-order valence-electron chi connectivity index (χ4n) is 10.7. The van der Waals surface area contributed by atoms with E-state index in [0.29, 0.717) is 0 Å². The summed E-state index contributed by atoms with van der Waals surface area (Å²) in [4.78, 5) is 5.04. The maximum absolute atomic E-state index is 2.52. The van der Waals surface area contributed by atoms with Crippen LogP contribution >= 0.6 is 0 Å². The van der Waals surface area contributed by atoms with E-state index in [1.807, 2.05) is 0 Å². The first kappa shape index (κ1) is 46.3. The van der Waals surface area contributed by atoms with Gasteiger partial charge < -0.3 is 9.80 Å². The number of hydrogen-bond donors (Lipinski definition) is 0. The number of fused-ring (bicyclic) bond motifs is 5. The Morgan fingerprint density at radius 1 is 0.257 bits per heavy atom. The molecule has 0 bridgehead atoms. The van der Waals surface area contributed by atoms with Crippen LogP contribution in [0, 0.1) is 41.5 Å². The molecule has 10 aromatic carbocycles. The van der Waals surface area contributed by atoms with Crippen LogP contribution in [-0.4, -0.2) is 0 Å². The fourth-order valence-corrected chi connectivity index (χ4v) is 10.7. The van der Waals surface area contributed by atoms with Crippen LogP contribution < -0.4 is 9.80 Å². The second-order valence-electron chi connectivity index (χ2n) is 21.8. The summed E-state index contributed by atoms with van der Waals surface area (Å²) in [5.41, 5.74) is 22.2. The molecule has 70 heavy (non-hydrogen) atoms. The average molecular weight is 911 g/mol. The van der Waals surface area contributed by atoms with E-state index in [0.717, 1.165) is 22.7 Å².